The summed E-state index contributed by atoms with van der Waals surface area (Å²) >= 11 is 0. The normalized spacial score (nSPS) is 16.8. The molecule has 2 heterocycles. The largest absolute Gasteiger partial charge is 0.353 e. The number of hydrogen-bond acceptors (Lipinski definition) is 6. The minimum Gasteiger partial charge on any atom is -0.353 e. The third-order valence-electron chi connectivity index (χ3n) is 3.24. The van der Waals surface area contributed by atoms with Crippen molar-refractivity contribution in [2.24, 2.45) is 0 Å². The van der Waals surface area contributed by atoms with Gasteiger partial charge < -0.3 is 15.5 Å². The van der Waals surface area contributed by atoms with Crippen LogP contribution in [0.25, 0.3) is 0 Å². The molecule has 1 fully saturated rings. The van der Waals surface area contributed by atoms with E-state index in [0.29, 0.717) is 5.95 Å². The summed E-state index contributed by atoms with van der Waals surface area (Å²) in [5.74, 6) is 0.637. The van der Waals surface area contributed by atoms with E-state index in [1.165, 1.54) is 0 Å². The molecule has 0 saturated carbocycles. The summed E-state index contributed by atoms with van der Waals surface area (Å²) in [4.78, 5) is 6.83. The zero-order chi connectivity index (χ0) is 12.8. The zero-order valence-corrected chi connectivity index (χ0v) is 11.2. The van der Waals surface area contributed by atoms with Crippen LogP contribution in [0.2, 0.25) is 0 Å². The Morgan fingerprint density at radius 2 is 1.94 bits per heavy atom. The Hall–Kier alpha value is -1.27. The van der Waals surface area contributed by atoms with Gasteiger partial charge >= 0.3 is 0 Å². The third-order valence-corrected chi connectivity index (χ3v) is 3.24. The van der Waals surface area contributed by atoms with Crippen molar-refractivity contribution >= 4 is 5.95 Å². The van der Waals surface area contributed by atoms with E-state index >= 15 is 0 Å². The number of anilines is 1. The molecule has 1 aliphatic heterocycles. The highest BCUT2D eigenvalue weighted by molar-refractivity contribution is 5.24. The highest BCUT2D eigenvalue weighted by Gasteiger charge is 2.08. The molecule has 2 N–H and O–H groups in total. The van der Waals surface area contributed by atoms with Gasteiger partial charge in [-0.3, -0.25) is 0 Å². The first-order valence-electron chi connectivity index (χ1n) is 6.60. The summed E-state index contributed by atoms with van der Waals surface area (Å²) in [6, 6.07) is 0. The monoisotopic (exact) mass is 250 g/mol. The van der Waals surface area contributed by atoms with E-state index in [2.05, 4.69) is 30.7 Å². The molecule has 2 rings (SSSR count). The molecule has 0 amide bonds. The van der Waals surface area contributed by atoms with Gasteiger partial charge in [-0.2, -0.15) is 5.10 Å². The molecule has 0 unspecified atom stereocenters. The Bertz CT molecular complexity index is 375. The van der Waals surface area contributed by atoms with E-state index in [-0.39, 0.29) is 0 Å². The molecule has 6 nitrogen and oxygen atoms in total. The van der Waals surface area contributed by atoms with Crippen LogP contribution < -0.4 is 10.6 Å². The molecule has 18 heavy (non-hydrogen) atoms. The van der Waals surface area contributed by atoms with E-state index in [9.17, 15) is 0 Å². The maximum absolute atomic E-state index is 4.35. The van der Waals surface area contributed by atoms with Crippen LogP contribution in [0.5, 0.6) is 0 Å². The number of piperazine rings is 1. The Balaban J connectivity index is 1.66. The summed E-state index contributed by atoms with van der Waals surface area (Å²) in [5, 5.41) is 14.7. The van der Waals surface area contributed by atoms with Crippen LogP contribution >= 0.6 is 0 Å². The van der Waals surface area contributed by atoms with Crippen LogP contribution in [0.4, 0.5) is 5.95 Å². The van der Waals surface area contributed by atoms with Gasteiger partial charge in [0, 0.05) is 32.7 Å². The fourth-order valence-electron chi connectivity index (χ4n) is 1.97. The Kier molecular flexibility index (Phi) is 4.83. The van der Waals surface area contributed by atoms with Gasteiger partial charge in [0.2, 0.25) is 5.95 Å². The molecule has 1 aromatic rings. The first-order chi connectivity index (χ1) is 8.75. The van der Waals surface area contributed by atoms with Crippen LogP contribution in [0.3, 0.4) is 0 Å². The molecule has 0 spiro atoms. The molecular formula is C12H22N6. The van der Waals surface area contributed by atoms with Crippen LogP contribution in [0, 0.1) is 13.8 Å². The molecule has 6 heteroatoms. The predicted octanol–water partition coefficient (Wildman–Crippen LogP) is 0.196. The minimum absolute atomic E-state index is 0.637. The van der Waals surface area contributed by atoms with Gasteiger partial charge in [0.25, 0.3) is 0 Å². The first-order valence-corrected chi connectivity index (χ1v) is 6.60. The summed E-state index contributed by atoms with van der Waals surface area (Å²) < 4.78 is 0. The SMILES string of the molecule is Cc1nnc(NCCCN2CCNCC2)nc1C. The van der Waals surface area contributed by atoms with Gasteiger partial charge in [0.1, 0.15) is 0 Å². The number of nitrogens with zero attached hydrogens (tertiary/aromatic N) is 4. The van der Waals surface area contributed by atoms with Crippen molar-refractivity contribution in [1.29, 1.82) is 0 Å². The summed E-state index contributed by atoms with van der Waals surface area (Å²) in [7, 11) is 0. The number of rotatable bonds is 5. The number of aromatic nitrogens is 3. The Labute approximate surface area is 108 Å². The molecule has 1 aliphatic rings. The lowest BCUT2D eigenvalue weighted by molar-refractivity contribution is 0.240. The highest BCUT2D eigenvalue weighted by Crippen LogP contribution is 2.02. The minimum atomic E-state index is 0.637. The fraction of sp³-hybridized carbons (Fsp3) is 0.750. The number of hydrogen-bond donors (Lipinski definition) is 2. The molecule has 0 aromatic carbocycles. The van der Waals surface area contributed by atoms with Crippen molar-refractivity contribution in [1.82, 2.24) is 25.4 Å². The van der Waals surface area contributed by atoms with E-state index < -0.39 is 0 Å². The van der Waals surface area contributed by atoms with E-state index in [4.69, 9.17) is 0 Å². The molecule has 0 radical (unpaired) electrons. The summed E-state index contributed by atoms with van der Waals surface area (Å²) in [6.07, 6.45) is 1.11. The maximum atomic E-state index is 4.35. The van der Waals surface area contributed by atoms with Crippen molar-refractivity contribution in [3.8, 4) is 0 Å². The zero-order valence-electron chi connectivity index (χ0n) is 11.2. The first kappa shape index (κ1) is 13.2. The van der Waals surface area contributed by atoms with Crippen molar-refractivity contribution in [3.63, 3.8) is 0 Å². The quantitative estimate of drug-likeness (QED) is 0.728. The average Bonchev–Trinajstić information content (AvgIpc) is 2.40. The Morgan fingerprint density at radius 1 is 1.17 bits per heavy atom. The van der Waals surface area contributed by atoms with Gasteiger partial charge in [-0.25, -0.2) is 4.98 Å². The smallest absolute Gasteiger partial charge is 0.242 e. The van der Waals surface area contributed by atoms with Gasteiger partial charge in [0.15, 0.2) is 0 Å². The lowest BCUT2D eigenvalue weighted by atomic mass is 10.3. The van der Waals surface area contributed by atoms with Crippen molar-refractivity contribution in [3.05, 3.63) is 11.4 Å². The molecule has 0 bridgehead atoms. The molecular weight excluding hydrogens is 228 g/mol. The van der Waals surface area contributed by atoms with E-state index in [1.807, 2.05) is 13.8 Å². The van der Waals surface area contributed by atoms with Crippen LogP contribution in [-0.4, -0.2) is 59.3 Å². The molecule has 0 atom stereocenters. The topological polar surface area (TPSA) is 66.0 Å². The highest BCUT2D eigenvalue weighted by atomic mass is 15.2. The average molecular weight is 250 g/mol. The lowest BCUT2D eigenvalue weighted by Gasteiger charge is -2.27. The van der Waals surface area contributed by atoms with Crippen molar-refractivity contribution < 1.29 is 0 Å². The maximum Gasteiger partial charge on any atom is 0.242 e. The van der Waals surface area contributed by atoms with E-state index in [0.717, 1.165) is 57.1 Å². The lowest BCUT2D eigenvalue weighted by Crippen LogP contribution is -2.44. The molecule has 0 aliphatic carbocycles. The van der Waals surface area contributed by atoms with E-state index in [1.54, 1.807) is 0 Å². The van der Waals surface area contributed by atoms with Gasteiger partial charge in [-0.15, -0.1) is 5.10 Å². The van der Waals surface area contributed by atoms with Gasteiger partial charge in [-0.1, -0.05) is 0 Å². The predicted molar refractivity (Wildman–Crippen MR) is 71.7 cm³/mol. The van der Waals surface area contributed by atoms with Crippen molar-refractivity contribution in [2.45, 2.75) is 20.3 Å². The summed E-state index contributed by atoms with van der Waals surface area (Å²) in [6.45, 7) is 10.4. The second-order valence-corrected chi connectivity index (χ2v) is 4.68. The van der Waals surface area contributed by atoms with Crippen LogP contribution in [0.15, 0.2) is 0 Å². The summed E-state index contributed by atoms with van der Waals surface area (Å²) in [5.41, 5.74) is 1.83. The third kappa shape index (κ3) is 3.89. The van der Waals surface area contributed by atoms with Gasteiger partial charge in [-0.05, 0) is 26.8 Å². The fourth-order valence-corrected chi connectivity index (χ4v) is 1.97. The standard InChI is InChI=1S/C12H22N6/c1-10-11(2)16-17-12(15-10)14-4-3-7-18-8-5-13-6-9-18/h13H,3-9H2,1-2H3,(H,14,15,17). The van der Waals surface area contributed by atoms with Crippen molar-refractivity contribution in [2.75, 3.05) is 44.6 Å². The Morgan fingerprint density at radius 3 is 2.67 bits per heavy atom. The molecule has 1 saturated heterocycles. The molecule has 1 aromatic heterocycles. The van der Waals surface area contributed by atoms with Crippen LogP contribution in [0.1, 0.15) is 17.8 Å². The number of nitrogens with one attached hydrogen (secondary N) is 2. The second-order valence-electron chi connectivity index (χ2n) is 4.68. The van der Waals surface area contributed by atoms with Crippen LogP contribution in [-0.2, 0) is 0 Å². The number of aryl methyl sites for hydroxylation is 2. The second kappa shape index (κ2) is 6.61. The van der Waals surface area contributed by atoms with Gasteiger partial charge in [0.05, 0.1) is 11.4 Å². The molecule has 100 valence electrons.